The second-order valence-electron chi connectivity index (χ2n) is 10.9. The van der Waals surface area contributed by atoms with E-state index in [-0.39, 0.29) is 50.7 Å². The maximum absolute atomic E-state index is 12.9. The summed E-state index contributed by atoms with van der Waals surface area (Å²) in [7, 11) is 4.92. The standard InChI is InChI=1S/C32H42N2O12/c1-21-9-11-23(33(17-27(35)40-5)18-28(36)41-6)25(15-21)44-13-14-45-26-16-22(31(39)46-32(2,3)4)10-12-24(26)34(19-29(37)42-7)20-30(38)43-8/h9-12,15-16H,13-14,17-20H2,1-8H3. The summed E-state index contributed by atoms with van der Waals surface area (Å²) in [4.78, 5) is 64.3. The number of anilines is 2. The lowest BCUT2D eigenvalue weighted by molar-refractivity contribution is -0.141. The van der Waals surface area contributed by atoms with Crippen molar-refractivity contribution in [3.8, 4) is 11.5 Å². The molecule has 2 aromatic rings. The van der Waals surface area contributed by atoms with Crippen molar-refractivity contribution in [1.29, 1.82) is 0 Å². The predicted octanol–water partition coefficient (Wildman–Crippen LogP) is 2.71. The number of carbonyl (C=O) groups excluding carboxylic acids is 5. The van der Waals surface area contributed by atoms with Crippen molar-refractivity contribution >= 4 is 41.2 Å². The fourth-order valence-corrected chi connectivity index (χ4v) is 3.99. The van der Waals surface area contributed by atoms with Crippen LogP contribution in [0.5, 0.6) is 11.5 Å². The zero-order chi connectivity index (χ0) is 34.4. The first kappa shape index (κ1) is 37.2. The van der Waals surface area contributed by atoms with Gasteiger partial charge < -0.3 is 43.0 Å². The number of hydrogen-bond donors (Lipinski definition) is 0. The molecular formula is C32H42N2O12. The first-order valence-electron chi connectivity index (χ1n) is 14.2. The van der Waals surface area contributed by atoms with Crippen molar-refractivity contribution in [2.75, 3.05) is 77.6 Å². The number of ether oxygens (including phenoxy) is 7. The number of methoxy groups -OCH3 is 4. The molecule has 0 heterocycles. The fraction of sp³-hybridized carbons (Fsp3) is 0.469. The first-order valence-corrected chi connectivity index (χ1v) is 14.2. The third kappa shape index (κ3) is 11.8. The third-order valence-electron chi connectivity index (χ3n) is 6.18. The molecular weight excluding hydrogens is 604 g/mol. The molecule has 14 heteroatoms. The zero-order valence-electron chi connectivity index (χ0n) is 27.5. The number of carbonyl (C=O) groups is 5. The van der Waals surface area contributed by atoms with Crippen molar-refractivity contribution in [2.45, 2.75) is 33.3 Å². The topological polar surface area (TPSA) is 156 Å². The molecule has 0 saturated carbocycles. The van der Waals surface area contributed by atoms with Crippen LogP contribution in [0.25, 0.3) is 0 Å². The van der Waals surface area contributed by atoms with Crippen LogP contribution in [0.3, 0.4) is 0 Å². The second kappa shape index (κ2) is 17.5. The monoisotopic (exact) mass is 646 g/mol. The lowest BCUT2D eigenvalue weighted by Crippen LogP contribution is -2.36. The Kier molecular flexibility index (Phi) is 14.1. The van der Waals surface area contributed by atoms with Crippen LogP contribution in [0.4, 0.5) is 11.4 Å². The van der Waals surface area contributed by atoms with Gasteiger partial charge in [0.05, 0.1) is 45.4 Å². The molecule has 0 fully saturated rings. The molecule has 0 amide bonds. The number of benzene rings is 2. The van der Waals surface area contributed by atoms with E-state index in [0.29, 0.717) is 17.1 Å². The van der Waals surface area contributed by atoms with Crippen LogP contribution < -0.4 is 19.3 Å². The minimum Gasteiger partial charge on any atom is -0.488 e. The van der Waals surface area contributed by atoms with Crippen LogP contribution in [-0.4, -0.2) is 103 Å². The lowest BCUT2D eigenvalue weighted by Gasteiger charge is -2.26. The molecule has 0 aliphatic rings. The molecule has 0 aliphatic heterocycles. The van der Waals surface area contributed by atoms with Gasteiger partial charge in [-0.2, -0.15) is 0 Å². The number of rotatable bonds is 16. The summed E-state index contributed by atoms with van der Waals surface area (Å²) in [6.45, 7) is 5.88. The third-order valence-corrected chi connectivity index (χ3v) is 6.18. The Morgan fingerprint density at radius 1 is 0.609 bits per heavy atom. The average molecular weight is 647 g/mol. The Labute approximate surface area is 268 Å². The van der Waals surface area contributed by atoms with E-state index in [0.717, 1.165) is 5.56 Å². The van der Waals surface area contributed by atoms with Gasteiger partial charge in [0.15, 0.2) is 0 Å². The van der Waals surface area contributed by atoms with E-state index in [1.807, 2.05) is 6.92 Å². The molecule has 0 unspecified atom stereocenters. The molecule has 0 aliphatic carbocycles. The summed E-state index contributed by atoms with van der Waals surface area (Å²) in [6.07, 6.45) is 0. The van der Waals surface area contributed by atoms with E-state index in [9.17, 15) is 24.0 Å². The SMILES string of the molecule is COC(=O)CN(CC(=O)OC)c1ccc(C)cc1OCCOc1cc(C(=O)OC(C)(C)C)ccc1N(CC(=O)OC)CC(=O)OC. The minimum atomic E-state index is -0.756. The molecule has 0 N–H and O–H groups in total. The molecule has 0 aromatic heterocycles. The van der Waals surface area contributed by atoms with Crippen molar-refractivity contribution in [1.82, 2.24) is 0 Å². The van der Waals surface area contributed by atoms with Gasteiger partial charge in [-0.15, -0.1) is 0 Å². The van der Waals surface area contributed by atoms with Gasteiger partial charge in [-0.1, -0.05) is 6.07 Å². The van der Waals surface area contributed by atoms with Gasteiger partial charge in [-0.05, 0) is 63.6 Å². The highest BCUT2D eigenvalue weighted by molar-refractivity contribution is 5.92. The van der Waals surface area contributed by atoms with Crippen LogP contribution >= 0.6 is 0 Å². The van der Waals surface area contributed by atoms with Crippen LogP contribution in [0, 0.1) is 6.92 Å². The van der Waals surface area contributed by atoms with E-state index in [2.05, 4.69) is 0 Å². The molecule has 0 atom stereocenters. The first-order chi connectivity index (χ1) is 21.7. The largest absolute Gasteiger partial charge is 0.488 e. The minimum absolute atomic E-state index is 0.0230. The molecule has 0 spiro atoms. The summed E-state index contributed by atoms with van der Waals surface area (Å²) in [6, 6.07) is 9.70. The van der Waals surface area contributed by atoms with Gasteiger partial charge in [0.2, 0.25) is 0 Å². The molecule has 0 saturated heterocycles. The highest BCUT2D eigenvalue weighted by Crippen LogP contribution is 2.32. The quantitative estimate of drug-likeness (QED) is 0.149. The Hall–Kier alpha value is -5.01. The number of aryl methyl sites for hydroxylation is 1. The van der Waals surface area contributed by atoms with E-state index >= 15 is 0 Å². The van der Waals surface area contributed by atoms with E-state index in [1.165, 1.54) is 56.4 Å². The van der Waals surface area contributed by atoms with Gasteiger partial charge in [0, 0.05) is 0 Å². The normalized spacial score (nSPS) is 10.7. The van der Waals surface area contributed by atoms with E-state index < -0.39 is 35.4 Å². The molecule has 2 aromatic carbocycles. The van der Waals surface area contributed by atoms with Crippen molar-refractivity contribution in [2.24, 2.45) is 0 Å². The summed E-state index contributed by atoms with van der Waals surface area (Å²) >= 11 is 0. The Bertz CT molecular complexity index is 1350. The maximum atomic E-state index is 12.9. The number of nitrogens with zero attached hydrogens (tertiary/aromatic N) is 2. The van der Waals surface area contributed by atoms with Gasteiger partial charge >= 0.3 is 29.8 Å². The summed E-state index contributed by atoms with van der Waals surface area (Å²) in [5.74, 6) is -2.47. The van der Waals surface area contributed by atoms with Crippen molar-refractivity contribution in [3.63, 3.8) is 0 Å². The molecule has 14 nitrogen and oxygen atoms in total. The molecule has 2 rings (SSSR count). The van der Waals surface area contributed by atoms with Crippen LogP contribution in [0.2, 0.25) is 0 Å². The van der Waals surface area contributed by atoms with Crippen LogP contribution in [0.15, 0.2) is 36.4 Å². The highest BCUT2D eigenvalue weighted by Gasteiger charge is 2.24. The van der Waals surface area contributed by atoms with Gasteiger partial charge in [-0.3, -0.25) is 19.2 Å². The summed E-state index contributed by atoms with van der Waals surface area (Å²) in [5.41, 5.74) is 1.02. The Morgan fingerprint density at radius 3 is 1.39 bits per heavy atom. The number of esters is 5. The van der Waals surface area contributed by atoms with Gasteiger partial charge in [0.1, 0.15) is 56.5 Å². The van der Waals surface area contributed by atoms with Crippen molar-refractivity contribution < 1.29 is 57.1 Å². The zero-order valence-corrected chi connectivity index (χ0v) is 27.5. The van der Waals surface area contributed by atoms with E-state index in [4.69, 9.17) is 33.2 Å². The van der Waals surface area contributed by atoms with Crippen LogP contribution in [0.1, 0.15) is 36.7 Å². The second-order valence-corrected chi connectivity index (χ2v) is 10.9. The molecule has 252 valence electrons. The summed E-state index contributed by atoms with van der Waals surface area (Å²) in [5, 5.41) is 0. The molecule has 0 radical (unpaired) electrons. The predicted molar refractivity (Wildman–Crippen MR) is 166 cm³/mol. The van der Waals surface area contributed by atoms with Gasteiger partial charge in [-0.25, -0.2) is 4.79 Å². The average Bonchev–Trinajstić information content (AvgIpc) is 3.01. The Balaban J connectivity index is 2.40. The fourth-order valence-electron chi connectivity index (χ4n) is 3.99. The maximum Gasteiger partial charge on any atom is 0.338 e. The van der Waals surface area contributed by atoms with Crippen LogP contribution in [-0.2, 0) is 42.9 Å². The smallest absolute Gasteiger partial charge is 0.338 e. The summed E-state index contributed by atoms with van der Waals surface area (Å²) < 4.78 is 36.7. The lowest BCUT2D eigenvalue weighted by atomic mass is 10.1. The van der Waals surface area contributed by atoms with E-state index in [1.54, 1.807) is 39.0 Å². The highest BCUT2D eigenvalue weighted by atomic mass is 16.6. The van der Waals surface area contributed by atoms with Gasteiger partial charge in [0.25, 0.3) is 0 Å². The molecule has 0 bridgehead atoms. The molecule has 46 heavy (non-hydrogen) atoms. The Morgan fingerprint density at radius 2 is 1.00 bits per heavy atom. The van der Waals surface area contributed by atoms with Crippen molar-refractivity contribution in [3.05, 3.63) is 47.5 Å². The number of hydrogen-bond acceptors (Lipinski definition) is 14.